The standard InChI is InChI=1S/C13H18ClN3O/c1-9-8-16(2)5-6-17(9)13(18)11-4-3-10(14)7-12(11)15/h3-4,7,9H,5-6,8,15H2,1-2H3. The minimum absolute atomic E-state index is 0.00948. The number of halogens is 1. The first-order valence-corrected chi connectivity index (χ1v) is 6.41. The molecule has 2 rings (SSSR count). The van der Waals surface area contributed by atoms with Gasteiger partial charge >= 0.3 is 0 Å². The van der Waals surface area contributed by atoms with Crippen molar-refractivity contribution in [3.8, 4) is 0 Å². The first-order chi connectivity index (χ1) is 8.49. The van der Waals surface area contributed by atoms with Gasteiger partial charge in [-0.3, -0.25) is 4.79 Å². The van der Waals surface area contributed by atoms with Gasteiger partial charge in [0.2, 0.25) is 0 Å². The van der Waals surface area contributed by atoms with E-state index in [-0.39, 0.29) is 11.9 Å². The molecule has 2 N–H and O–H groups in total. The molecule has 1 heterocycles. The molecule has 1 aliphatic rings. The molecule has 98 valence electrons. The van der Waals surface area contributed by atoms with Crippen molar-refractivity contribution < 1.29 is 4.79 Å². The SMILES string of the molecule is CC1CN(C)CCN1C(=O)c1ccc(Cl)cc1N. The molecule has 0 radical (unpaired) electrons. The molecule has 1 amide bonds. The number of carbonyl (C=O) groups is 1. The topological polar surface area (TPSA) is 49.6 Å². The van der Waals surface area contributed by atoms with E-state index in [2.05, 4.69) is 18.9 Å². The van der Waals surface area contributed by atoms with Gasteiger partial charge in [-0.05, 0) is 32.2 Å². The summed E-state index contributed by atoms with van der Waals surface area (Å²) in [5, 5.41) is 0.551. The number of nitrogens with zero attached hydrogens (tertiary/aromatic N) is 2. The van der Waals surface area contributed by atoms with E-state index in [0.29, 0.717) is 16.3 Å². The average molecular weight is 268 g/mol. The summed E-state index contributed by atoms with van der Waals surface area (Å²) in [6.07, 6.45) is 0. The highest BCUT2D eigenvalue weighted by Crippen LogP contribution is 2.21. The first-order valence-electron chi connectivity index (χ1n) is 6.03. The van der Waals surface area contributed by atoms with E-state index >= 15 is 0 Å². The third-order valence-electron chi connectivity index (χ3n) is 3.34. The van der Waals surface area contributed by atoms with Crippen LogP contribution in [0.2, 0.25) is 5.02 Å². The van der Waals surface area contributed by atoms with Gasteiger partial charge in [0.15, 0.2) is 0 Å². The fraction of sp³-hybridized carbons (Fsp3) is 0.462. The number of nitrogen functional groups attached to an aromatic ring is 1. The predicted molar refractivity (Wildman–Crippen MR) is 73.9 cm³/mol. The molecule has 18 heavy (non-hydrogen) atoms. The molecule has 1 aromatic rings. The maximum atomic E-state index is 12.4. The summed E-state index contributed by atoms with van der Waals surface area (Å²) in [7, 11) is 2.06. The summed E-state index contributed by atoms with van der Waals surface area (Å²) in [5.74, 6) is -0.00948. The molecule has 1 atom stereocenters. The Labute approximate surface area is 112 Å². The second-order valence-electron chi connectivity index (χ2n) is 4.84. The van der Waals surface area contributed by atoms with Crippen LogP contribution in [0.15, 0.2) is 18.2 Å². The Hall–Kier alpha value is -1.26. The minimum atomic E-state index is -0.00948. The highest BCUT2D eigenvalue weighted by atomic mass is 35.5. The zero-order valence-electron chi connectivity index (χ0n) is 10.7. The molecule has 0 spiro atoms. The Bertz CT molecular complexity index is 464. The monoisotopic (exact) mass is 267 g/mol. The van der Waals surface area contributed by atoms with Crippen LogP contribution in [0.4, 0.5) is 5.69 Å². The van der Waals surface area contributed by atoms with Gasteiger partial charge < -0.3 is 15.5 Å². The molecule has 1 unspecified atom stereocenters. The van der Waals surface area contributed by atoms with Crippen LogP contribution in [0.3, 0.4) is 0 Å². The summed E-state index contributed by atoms with van der Waals surface area (Å²) in [4.78, 5) is 16.5. The van der Waals surface area contributed by atoms with Crippen molar-refractivity contribution in [2.24, 2.45) is 0 Å². The quantitative estimate of drug-likeness (QED) is 0.788. The lowest BCUT2D eigenvalue weighted by Gasteiger charge is -2.38. The fourth-order valence-electron chi connectivity index (χ4n) is 2.32. The number of benzene rings is 1. The number of amides is 1. The lowest BCUT2D eigenvalue weighted by atomic mass is 10.1. The number of carbonyl (C=O) groups excluding carboxylic acids is 1. The number of rotatable bonds is 1. The van der Waals surface area contributed by atoms with Gasteiger partial charge in [-0.1, -0.05) is 11.6 Å². The average Bonchev–Trinajstić information content (AvgIpc) is 2.28. The lowest BCUT2D eigenvalue weighted by Crippen LogP contribution is -2.52. The summed E-state index contributed by atoms with van der Waals surface area (Å²) in [6, 6.07) is 5.22. The number of hydrogen-bond acceptors (Lipinski definition) is 3. The molecule has 1 aromatic carbocycles. The van der Waals surface area contributed by atoms with Crippen molar-refractivity contribution in [1.82, 2.24) is 9.80 Å². The van der Waals surface area contributed by atoms with Gasteiger partial charge in [-0.25, -0.2) is 0 Å². The maximum absolute atomic E-state index is 12.4. The molecule has 1 fully saturated rings. The van der Waals surface area contributed by atoms with E-state index < -0.39 is 0 Å². The molecule has 1 saturated heterocycles. The highest BCUT2D eigenvalue weighted by Gasteiger charge is 2.27. The van der Waals surface area contributed by atoms with E-state index in [9.17, 15) is 4.79 Å². The maximum Gasteiger partial charge on any atom is 0.256 e. The summed E-state index contributed by atoms with van der Waals surface area (Å²) < 4.78 is 0. The van der Waals surface area contributed by atoms with Crippen molar-refractivity contribution in [1.29, 1.82) is 0 Å². The van der Waals surface area contributed by atoms with Crippen LogP contribution in [-0.2, 0) is 0 Å². The molecule has 0 saturated carbocycles. The molecule has 0 aromatic heterocycles. The summed E-state index contributed by atoms with van der Waals surface area (Å²) in [6.45, 7) is 4.57. The second kappa shape index (κ2) is 5.16. The minimum Gasteiger partial charge on any atom is -0.398 e. The molecule has 5 heteroatoms. The largest absolute Gasteiger partial charge is 0.398 e. The zero-order valence-corrected chi connectivity index (χ0v) is 11.4. The molecule has 0 bridgehead atoms. The smallest absolute Gasteiger partial charge is 0.256 e. The second-order valence-corrected chi connectivity index (χ2v) is 5.28. The van der Waals surface area contributed by atoms with Crippen molar-refractivity contribution in [3.63, 3.8) is 0 Å². The Balaban J connectivity index is 2.20. The number of hydrogen-bond donors (Lipinski definition) is 1. The first kappa shape index (κ1) is 13.2. The predicted octanol–water partition coefficient (Wildman–Crippen LogP) is 1.70. The molecule has 4 nitrogen and oxygen atoms in total. The van der Waals surface area contributed by atoms with Crippen LogP contribution in [0.5, 0.6) is 0 Å². The molecular weight excluding hydrogens is 250 g/mol. The van der Waals surface area contributed by atoms with Gasteiger partial charge in [0.05, 0.1) is 5.56 Å². The van der Waals surface area contributed by atoms with Gasteiger partial charge in [-0.15, -0.1) is 0 Å². The highest BCUT2D eigenvalue weighted by molar-refractivity contribution is 6.31. The summed E-state index contributed by atoms with van der Waals surface area (Å²) in [5.41, 5.74) is 6.84. The number of anilines is 1. The third kappa shape index (κ3) is 2.60. The van der Waals surface area contributed by atoms with E-state index in [0.717, 1.165) is 19.6 Å². The Morgan fingerprint density at radius 1 is 1.44 bits per heavy atom. The number of likely N-dealkylation sites (N-methyl/N-ethyl adjacent to an activating group) is 1. The van der Waals surface area contributed by atoms with Gasteiger partial charge in [0.1, 0.15) is 0 Å². The van der Waals surface area contributed by atoms with Crippen molar-refractivity contribution in [2.75, 3.05) is 32.4 Å². The molecular formula is C13H18ClN3O. The lowest BCUT2D eigenvalue weighted by molar-refractivity contribution is 0.0534. The number of nitrogens with two attached hydrogens (primary N) is 1. The fourth-order valence-corrected chi connectivity index (χ4v) is 2.51. The Morgan fingerprint density at radius 2 is 2.17 bits per heavy atom. The van der Waals surface area contributed by atoms with Crippen LogP contribution >= 0.6 is 11.6 Å². The van der Waals surface area contributed by atoms with E-state index in [4.69, 9.17) is 17.3 Å². The van der Waals surface area contributed by atoms with Gasteiger partial charge in [0, 0.05) is 36.4 Å². The summed E-state index contributed by atoms with van der Waals surface area (Å²) >= 11 is 5.84. The number of piperazine rings is 1. The van der Waals surface area contributed by atoms with Crippen LogP contribution in [0.1, 0.15) is 17.3 Å². The van der Waals surface area contributed by atoms with Crippen molar-refractivity contribution >= 4 is 23.2 Å². The van der Waals surface area contributed by atoms with Gasteiger partial charge in [0.25, 0.3) is 5.91 Å². The van der Waals surface area contributed by atoms with Crippen molar-refractivity contribution in [2.45, 2.75) is 13.0 Å². The Morgan fingerprint density at radius 3 is 2.78 bits per heavy atom. The molecule has 0 aliphatic carbocycles. The molecule has 1 aliphatic heterocycles. The zero-order chi connectivity index (χ0) is 13.3. The van der Waals surface area contributed by atoms with Crippen LogP contribution in [0.25, 0.3) is 0 Å². The van der Waals surface area contributed by atoms with E-state index in [1.54, 1.807) is 18.2 Å². The van der Waals surface area contributed by atoms with E-state index in [1.165, 1.54) is 0 Å². The van der Waals surface area contributed by atoms with Crippen molar-refractivity contribution in [3.05, 3.63) is 28.8 Å². The van der Waals surface area contributed by atoms with Crippen LogP contribution < -0.4 is 5.73 Å². The normalized spacial score (nSPS) is 21.1. The Kier molecular flexibility index (Phi) is 3.78. The van der Waals surface area contributed by atoms with E-state index in [1.807, 2.05) is 4.90 Å². The third-order valence-corrected chi connectivity index (χ3v) is 3.57. The van der Waals surface area contributed by atoms with Crippen LogP contribution in [-0.4, -0.2) is 48.4 Å². The van der Waals surface area contributed by atoms with Crippen LogP contribution in [0, 0.1) is 0 Å². The van der Waals surface area contributed by atoms with Gasteiger partial charge in [-0.2, -0.15) is 0 Å².